The molecule has 0 unspecified atom stereocenters. The molecule has 0 radical (unpaired) electrons. The van der Waals surface area contributed by atoms with Crippen molar-refractivity contribution >= 4 is 10.0 Å². The summed E-state index contributed by atoms with van der Waals surface area (Å²) in [5.74, 6) is 0.417. The topological polar surface area (TPSA) is 49.9 Å². The highest BCUT2D eigenvalue weighted by atomic mass is 32.2. The van der Waals surface area contributed by atoms with Crippen LogP contribution in [0.2, 0.25) is 0 Å². The van der Waals surface area contributed by atoms with Crippen molar-refractivity contribution in [1.82, 2.24) is 9.21 Å². The number of nitrogens with zero attached hydrogens (tertiary/aromatic N) is 2. The molecular weight excluding hydrogens is 360 g/mol. The molecule has 0 spiro atoms. The third-order valence-corrected chi connectivity index (χ3v) is 7.30. The smallest absolute Gasteiger partial charge is 0.246 e. The van der Waals surface area contributed by atoms with Crippen molar-refractivity contribution in [2.24, 2.45) is 0 Å². The maximum atomic E-state index is 13.2. The lowest BCUT2D eigenvalue weighted by atomic mass is 10.1. The Morgan fingerprint density at radius 2 is 1.56 bits per heavy atom. The fourth-order valence-electron chi connectivity index (χ4n) is 3.42. The number of hydrogen-bond acceptors (Lipinski definition) is 4. The molecule has 27 heavy (non-hydrogen) atoms. The molecule has 1 saturated heterocycles. The van der Waals surface area contributed by atoms with Crippen LogP contribution in [0.1, 0.15) is 22.3 Å². The molecule has 0 aliphatic carbocycles. The van der Waals surface area contributed by atoms with Gasteiger partial charge < -0.3 is 4.74 Å². The fourth-order valence-corrected chi connectivity index (χ4v) is 5.06. The van der Waals surface area contributed by atoms with E-state index in [4.69, 9.17) is 4.74 Å². The van der Waals surface area contributed by atoms with E-state index in [1.165, 1.54) is 18.2 Å². The highest BCUT2D eigenvalue weighted by Crippen LogP contribution is 2.30. The van der Waals surface area contributed by atoms with Crippen LogP contribution in [0.15, 0.2) is 41.3 Å². The molecule has 0 atom stereocenters. The molecule has 0 amide bonds. The maximum absolute atomic E-state index is 13.2. The molecule has 2 aromatic carbocycles. The second kappa shape index (κ2) is 8.00. The Balaban J connectivity index is 1.74. The Morgan fingerprint density at radius 3 is 2.19 bits per heavy atom. The molecule has 6 heteroatoms. The van der Waals surface area contributed by atoms with Gasteiger partial charge in [0, 0.05) is 32.7 Å². The third kappa shape index (κ3) is 4.18. The maximum Gasteiger partial charge on any atom is 0.246 e. The molecule has 5 nitrogen and oxygen atoms in total. The Morgan fingerprint density at radius 1 is 0.926 bits per heavy atom. The van der Waals surface area contributed by atoms with Crippen LogP contribution in [0.5, 0.6) is 5.75 Å². The molecule has 0 saturated carbocycles. The Kier molecular flexibility index (Phi) is 5.89. The molecule has 0 bridgehead atoms. The number of hydrogen-bond donors (Lipinski definition) is 0. The second-order valence-electron chi connectivity index (χ2n) is 7.19. The predicted molar refractivity (Wildman–Crippen MR) is 108 cm³/mol. The van der Waals surface area contributed by atoms with Crippen LogP contribution in [-0.4, -0.2) is 50.9 Å². The van der Waals surface area contributed by atoms with Crippen molar-refractivity contribution in [2.45, 2.75) is 32.2 Å². The first-order chi connectivity index (χ1) is 12.8. The summed E-state index contributed by atoms with van der Waals surface area (Å²) in [6.45, 7) is 9.28. The summed E-state index contributed by atoms with van der Waals surface area (Å²) in [4.78, 5) is 2.58. The standard InChI is InChI=1S/C21H28N2O3S/c1-16-7-5-6-8-19(16)15-22-9-11-23(12-10-22)27(24,25)21-14-18(3)17(2)13-20(21)26-4/h5-8,13-14H,9-12,15H2,1-4H3. The number of rotatable bonds is 5. The number of aryl methyl sites for hydroxylation is 3. The van der Waals surface area contributed by atoms with E-state index in [1.807, 2.05) is 19.9 Å². The molecule has 0 aromatic heterocycles. The monoisotopic (exact) mass is 388 g/mol. The van der Waals surface area contributed by atoms with Crippen LogP contribution in [-0.2, 0) is 16.6 Å². The largest absolute Gasteiger partial charge is 0.495 e. The zero-order valence-electron chi connectivity index (χ0n) is 16.5. The van der Waals surface area contributed by atoms with Crippen LogP contribution in [0, 0.1) is 20.8 Å². The molecule has 146 valence electrons. The van der Waals surface area contributed by atoms with Gasteiger partial charge in [-0.3, -0.25) is 4.90 Å². The van der Waals surface area contributed by atoms with Crippen LogP contribution < -0.4 is 4.74 Å². The van der Waals surface area contributed by atoms with E-state index >= 15 is 0 Å². The molecule has 3 rings (SSSR count). The first-order valence-corrected chi connectivity index (χ1v) is 10.7. The summed E-state index contributed by atoms with van der Waals surface area (Å²) in [6, 6.07) is 11.9. The fraction of sp³-hybridized carbons (Fsp3) is 0.429. The average Bonchev–Trinajstić information content (AvgIpc) is 2.66. The van der Waals surface area contributed by atoms with Crippen molar-refractivity contribution in [3.63, 3.8) is 0 Å². The Bertz CT molecular complexity index is 917. The number of ether oxygens (including phenoxy) is 1. The predicted octanol–water partition coefficient (Wildman–Crippen LogP) is 3.13. The summed E-state index contributed by atoms with van der Waals surface area (Å²) in [5.41, 5.74) is 4.54. The highest BCUT2D eigenvalue weighted by Gasteiger charge is 2.31. The molecule has 1 aliphatic heterocycles. The van der Waals surface area contributed by atoms with E-state index in [0.29, 0.717) is 18.8 Å². The van der Waals surface area contributed by atoms with E-state index in [0.717, 1.165) is 30.8 Å². The van der Waals surface area contributed by atoms with Crippen LogP contribution in [0.3, 0.4) is 0 Å². The summed E-state index contributed by atoms with van der Waals surface area (Å²) in [7, 11) is -2.05. The van der Waals surface area contributed by atoms with Gasteiger partial charge in [-0.15, -0.1) is 0 Å². The average molecular weight is 389 g/mol. The van der Waals surface area contributed by atoms with Gasteiger partial charge in [0.25, 0.3) is 0 Å². The van der Waals surface area contributed by atoms with Gasteiger partial charge in [0.05, 0.1) is 7.11 Å². The van der Waals surface area contributed by atoms with E-state index in [9.17, 15) is 8.42 Å². The van der Waals surface area contributed by atoms with Gasteiger partial charge in [0.15, 0.2) is 0 Å². The summed E-state index contributed by atoms with van der Waals surface area (Å²) in [5, 5.41) is 0. The van der Waals surface area contributed by atoms with Crippen LogP contribution in [0.4, 0.5) is 0 Å². The first kappa shape index (κ1) is 19.9. The second-order valence-corrected chi connectivity index (χ2v) is 9.10. The van der Waals surface area contributed by atoms with Gasteiger partial charge >= 0.3 is 0 Å². The van der Waals surface area contributed by atoms with E-state index in [2.05, 4.69) is 30.0 Å². The van der Waals surface area contributed by atoms with E-state index in [1.54, 1.807) is 16.4 Å². The Labute approximate surface area is 162 Å². The van der Waals surface area contributed by atoms with Crippen LogP contribution >= 0.6 is 0 Å². The van der Waals surface area contributed by atoms with E-state index in [-0.39, 0.29) is 4.90 Å². The molecule has 1 fully saturated rings. The number of sulfonamides is 1. The van der Waals surface area contributed by atoms with E-state index < -0.39 is 10.0 Å². The van der Waals surface area contributed by atoms with Gasteiger partial charge in [0.1, 0.15) is 10.6 Å². The SMILES string of the molecule is COc1cc(C)c(C)cc1S(=O)(=O)N1CCN(Cc2ccccc2C)CC1. The van der Waals surface area contributed by atoms with Crippen molar-refractivity contribution in [3.8, 4) is 5.75 Å². The van der Waals surface area contributed by atoms with Crippen molar-refractivity contribution < 1.29 is 13.2 Å². The summed E-state index contributed by atoms with van der Waals surface area (Å²) >= 11 is 0. The molecular formula is C21H28N2O3S. The van der Waals surface area contributed by atoms with Crippen molar-refractivity contribution in [1.29, 1.82) is 0 Å². The van der Waals surface area contributed by atoms with Crippen molar-refractivity contribution in [2.75, 3.05) is 33.3 Å². The van der Waals surface area contributed by atoms with Gasteiger partial charge in [-0.1, -0.05) is 24.3 Å². The number of benzene rings is 2. The number of methoxy groups -OCH3 is 1. The zero-order valence-corrected chi connectivity index (χ0v) is 17.3. The molecule has 0 N–H and O–H groups in total. The Hall–Kier alpha value is -1.89. The summed E-state index contributed by atoms with van der Waals surface area (Å²) in [6.07, 6.45) is 0. The highest BCUT2D eigenvalue weighted by molar-refractivity contribution is 7.89. The van der Waals surface area contributed by atoms with Crippen LogP contribution in [0.25, 0.3) is 0 Å². The normalized spacial score (nSPS) is 16.4. The van der Waals surface area contributed by atoms with Gasteiger partial charge in [0.2, 0.25) is 10.0 Å². The lowest BCUT2D eigenvalue weighted by Gasteiger charge is -2.34. The third-order valence-electron chi connectivity index (χ3n) is 5.38. The minimum atomic E-state index is -3.57. The van der Waals surface area contributed by atoms with Crippen molar-refractivity contribution in [3.05, 3.63) is 58.7 Å². The minimum absolute atomic E-state index is 0.264. The number of piperazine rings is 1. The zero-order chi connectivity index (χ0) is 19.6. The molecule has 1 aliphatic rings. The molecule has 2 aromatic rings. The quantitative estimate of drug-likeness (QED) is 0.790. The van der Waals surface area contributed by atoms with Gasteiger partial charge in [-0.05, 0) is 55.2 Å². The van der Waals surface area contributed by atoms with Gasteiger partial charge in [-0.2, -0.15) is 4.31 Å². The lowest BCUT2D eigenvalue weighted by molar-refractivity contribution is 0.181. The minimum Gasteiger partial charge on any atom is -0.495 e. The molecule has 1 heterocycles. The lowest BCUT2D eigenvalue weighted by Crippen LogP contribution is -2.48. The summed E-state index contributed by atoms with van der Waals surface area (Å²) < 4.78 is 33.3. The first-order valence-electron chi connectivity index (χ1n) is 9.25. The van der Waals surface area contributed by atoms with Gasteiger partial charge in [-0.25, -0.2) is 8.42 Å².